The van der Waals surface area contributed by atoms with E-state index >= 15 is 0 Å². The molecule has 3 heterocycles. The Kier molecular flexibility index (Phi) is 3.31. The minimum absolute atomic E-state index is 0.0547. The van der Waals surface area contributed by atoms with Crippen molar-refractivity contribution in [2.45, 2.75) is 56.2 Å². The quantitative estimate of drug-likeness (QED) is 0.571. The van der Waals surface area contributed by atoms with Gasteiger partial charge in [0.05, 0.1) is 38.4 Å². The van der Waals surface area contributed by atoms with Gasteiger partial charge in [0.1, 0.15) is 0 Å². The first-order valence-corrected chi connectivity index (χ1v) is 8.23. The van der Waals surface area contributed by atoms with Crippen LogP contribution >= 0.6 is 0 Å². The second kappa shape index (κ2) is 4.90. The number of esters is 1. The van der Waals surface area contributed by atoms with Gasteiger partial charge in [0.2, 0.25) is 5.79 Å². The van der Waals surface area contributed by atoms with E-state index in [1.807, 2.05) is 6.92 Å². The molecule has 4 fully saturated rings. The lowest BCUT2D eigenvalue weighted by Crippen LogP contribution is -2.54. The van der Waals surface area contributed by atoms with Gasteiger partial charge in [-0.2, -0.15) is 0 Å². The van der Waals surface area contributed by atoms with E-state index in [0.29, 0.717) is 26.1 Å². The molecule has 3 saturated heterocycles. The third-order valence-corrected chi connectivity index (χ3v) is 6.08. The van der Waals surface area contributed by atoms with E-state index in [2.05, 4.69) is 0 Å². The summed E-state index contributed by atoms with van der Waals surface area (Å²) in [6, 6.07) is 0. The van der Waals surface area contributed by atoms with Crippen LogP contribution < -0.4 is 0 Å². The molecule has 7 unspecified atom stereocenters. The fraction of sp³-hybridized carbons (Fsp3) is 0.938. The Hall–Kier alpha value is -0.690. The van der Waals surface area contributed by atoms with Crippen molar-refractivity contribution in [3.05, 3.63) is 0 Å². The number of rotatable bonds is 1. The SMILES string of the molecule is COC(=O)C1CCC2C(C1)OC1(CC(O)C(C)CO1)C21CO1. The average Bonchev–Trinajstić information content (AvgIpc) is 3.27. The van der Waals surface area contributed by atoms with Crippen molar-refractivity contribution >= 4 is 5.97 Å². The van der Waals surface area contributed by atoms with Crippen LogP contribution in [0.15, 0.2) is 0 Å². The molecule has 3 aliphatic heterocycles. The summed E-state index contributed by atoms with van der Waals surface area (Å²) in [5, 5.41) is 10.3. The monoisotopic (exact) mass is 312 g/mol. The van der Waals surface area contributed by atoms with Crippen LogP contribution in [0.4, 0.5) is 0 Å². The van der Waals surface area contributed by atoms with Crippen molar-refractivity contribution in [3.63, 3.8) is 0 Å². The molecule has 1 aliphatic carbocycles. The zero-order valence-electron chi connectivity index (χ0n) is 13.1. The van der Waals surface area contributed by atoms with Crippen LogP contribution in [-0.4, -0.2) is 55.0 Å². The largest absolute Gasteiger partial charge is 0.469 e. The summed E-state index contributed by atoms with van der Waals surface area (Å²) in [5.41, 5.74) is -0.417. The average molecular weight is 312 g/mol. The highest BCUT2D eigenvalue weighted by molar-refractivity contribution is 5.72. The summed E-state index contributed by atoms with van der Waals surface area (Å²) in [5.74, 6) is -0.750. The van der Waals surface area contributed by atoms with E-state index in [1.165, 1.54) is 7.11 Å². The van der Waals surface area contributed by atoms with Crippen LogP contribution in [0.2, 0.25) is 0 Å². The van der Waals surface area contributed by atoms with Crippen LogP contribution in [0.1, 0.15) is 32.6 Å². The zero-order valence-corrected chi connectivity index (χ0v) is 13.1. The maximum atomic E-state index is 11.8. The highest BCUT2D eigenvalue weighted by Crippen LogP contribution is 2.62. The first kappa shape index (κ1) is 14.9. The third-order valence-electron chi connectivity index (χ3n) is 6.08. The predicted octanol–water partition coefficient (Wildman–Crippen LogP) is 0.857. The first-order chi connectivity index (χ1) is 10.5. The molecule has 0 radical (unpaired) electrons. The van der Waals surface area contributed by atoms with Crippen LogP contribution in [0, 0.1) is 17.8 Å². The molecule has 6 nitrogen and oxygen atoms in total. The molecule has 6 heteroatoms. The van der Waals surface area contributed by atoms with Gasteiger partial charge < -0.3 is 24.1 Å². The maximum absolute atomic E-state index is 11.8. The molecule has 0 aromatic heterocycles. The number of hydrogen-bond donors (Lipinski definition) is 1. The maximum Gasteiger partial charge on any atom is 0.308 e. The van der Waals surface area contributed by atoms with Crippen molar-refractivity contribution in [1.29, 1.82) is 0 Å². The van der Waals surface area contributed by atoms with Gasteiger partial charge in [-0.3, -0.25) is 4.79 Å². The van der Waals surface area contributed by atoms with Crippen molar-refractivity contribution in [2.24, 2.45) is 17.8 Å². The highest BCUT2D eigenvalue weighted by atomic mass is 16.8. The molecule has 2 spiro atoms. The minimum Gasteiger partial charge on any atom is -0.469 e. The standard InChI is InChI=1S/C16H24O6/c1-9-7-20-16(6-12(9)17)15(8-21-15)11-4-3-10(14(18)19-2)5-13(11)22-16/h9-13,17H,3-8H2,1-2H3. The number of aliphatic hydroxyl groups excluding tert-OH is 1. The number of carbonyl (C=O) groups excluding carboxylic acids is 1. The fourth-order valence-corrected chi connectivity index (χ4v) is 4.60. The van der Waals surface area contributed by atoms with E-state index in [1.54, 1.807) is 0 Å². The van der Waals surface area contributed by atoms with Gasteiger partial charge in [-0.15, -0.1) is 0 Å². The number of epoxide rings is 1. The molecule has 0 aromatic rings. The third kappa shape index (κ3) is 1.90. The van der Waals surface area contributed by atoms with Crippen molar-refractivity contribution in [1.82, 2.24) is 0 Å². The van der Waals surface area contributed by atoms with Crippen molar-refractivity contribution in [3.8, 4) is 0 Å². The number of carbonyl (C=O) groups is 1. The van der Waals surface area contributed by atoms with Gasteiger partial charge in [0.25, 0.3) is 0 Å². The molecular formula is C16H24O6. The van der Waals surface area contributed by atoms with Crippen LogP contribution in [0.3, 0.4) is 0 Å². The predicted molar refractivity (Wildman–Crippen MR) is 74.9 cm³/mol. The molecule has 1 saturated carbocycles. The van der Waals surface area contributed by atoms with Gasteiger partial charge in [-0.1, -0.05) is 6.92 Å². The van der Waals surface area contributed by atoms with E-state index in [4.69, 9.17) is 18.9 Å². The molecule has 4 rings (SSSR count). The summed E-state index contributed by atoms with van der Waals surface area (Å²) in [6.07, 6.45) is 2.29. The lowest BCUT2D eigenvalue weighted by Gasteiger charge is -2.41. The Bertz CT molecular complexity index is 475. The Morgan fingerprint density at radius 3 is 2.73 bits per heavy atom. The van der Waals surface area contributed by atoms with E-state index < -0.39 is 17.5 Å². The second-order valence-corrected chi connectivity index (χ2v) is 7.29. The topological polar surface area (TPSA) is 77.5 Å². The Morgan fingerprint density at radius 1 is 1.32 bits per heavy atom. The normalized spacial score (nSPS) is 53.5. The summed E-state index contributed by atoms with van der Waals surface area (Å²) in [6.45, 7) is 3.08. The molecule has 124 valence electrons. The van der Waals surface area contributed by atoms with E-state index in [0.717, 1.165) is 12.8 Å². The molecule has 0 amide bonds. The number of ether oxygens (including phenoxy) is 4. The smallest absolute Gasteiger partial charge is 0.308 e. The Balaban J connectivity index is 1.56. The second-order valence-electron chi connectivity index (χ2n) is 7.29. The van der Waals surface area contributed by atoms with Crippen molar-refractivity contribution < 1.29 is 28.8 Å². The van der Waals surface area contributed by atoms with Gasteiger partial charge in [0.15, 0.2) is 5.60 Å². The Morgan fingerprint density at radius 2 is 2.09 bits per heavy atom. The van der Waals surface area contributed by atoms with E-state index in [9.17, 15) is 9.90 Å². The lowest BCUT2D eigenvalue weighted by atomic mass is 9.72. The minimum atomic E-state index is -0.834. The van der Waals surface area contributed by atoms with Gasteiger partial charge in [-0.25, -0.2) is 0 Å². The van der Waals surface area contributed by atoms with Crippen molar-refractivity contribution in [2.75, 3.05) is 20.3 Å². The first-order valence-electron chi connectivity index (χ1n) is 8.23. The lowest BCUT2D eigenvalue weighted by molar-refractivity contribution is -0.292. The molecule has 0 aromatic carbocycles. The summed E-state index contributed by atoms with van der Waals surface area (Å²) < 4.78 is 23.1. The molecule has 22 heavy (non-hydrogen) atoms. The van der Waals surface area contributed by atoms with Gasteiger partial charge in [-0.05, 0) is 19.3 Å². The van der Waals surface area contributed by atoms with Crippen LogP contribution in [0.5, 0.6) is 0 Å². The molecule has 7 atom stereocenters. The number of aliphatic hydroxyl groups is 1. The molecule has 0 bridgehead atoms. The molecule has 4 aliphatic rings. The van der Waals surface area contributed by atoms with Crippen LogP contribution in [0.25, 0.3) is 0 Å². The van der Waals surface area contributed by atoms with E-state index in [-0.39, 0.29) is 29.8 Å². The summed E-state index contributed by atoms with van der Waals surface area (Å²) in [7, 11) is 1.43. The Labute approximate surface area is 130 Å². The van der Waals surface area contributed by atoms with Crippen LogP contribution in [-0.2, 0) is 23.7 Å². The number of hydrogen-bond acceptors (Lipinski definition) is 6. The number of fused-ring (bicyclic) bond motifs is 3. The number of methoxy groups -OCH3 is 1. The fourth-order valence-electron chi connectivity index (χ4n) is 4.60. The van der Waals surface area contributed by atoms with Gasteiger partial charge in [0, 0.05) is 18.3 Å². The summed E-state index contributed by atoms with van der Waals surface area (Å²) in [4.78, 5) is 11.8. The highest BCUT2D eigenvalue weighted by Gasteiger charge is 2.76. The zero-order chi connectivity index (χ0) is 15.5. The molecule has 1 N–H and O–H groups in total. The summed E-state index contributed by atoms with van der Waals surface area (Å²) >= 11 is 0. The molecular weight excluding hydrogens is 288 g/mol. The van der Waals surface area contributed by atoms with Gasteiger partial charge >= 0.3 is 5.97 Å².